The molecule has 1 unspecified atom stereocenters. The molecule has 0 saturated carbocycles. The number of para-hydroxylation sites is 1. The van der Waals surface area contributed by atoms with Crippen LogP contribution in [0.1, 0.15) is 36.5 Å². The summed E-state index contributed by atoms with van der Waals surface area (Å²) in [4.78, 5) is 14.6. The van der Waals surface area contributed by atoms with Gasteiger partial charge in [-0.25, -0.2) is 0 Å². The third-order valence-corrected chi connectivity index (χ3v) is 4.84. The maximum atomic E-state index is 12.7. The van der Waals surface area contributed by atoms with Gasteiger partial charge in [0.2, 0.25) is 5.91 Å². The highest BCUT2D eigenvalue weighted by Crippen LogP contribution is 2.32. The summed E-state index contributed by atoms with van der Waals surface area (Å²) in [5.74, 6) is 1.27. The van der Waals surface area contributed by atoms with E-state index in [0.717, 1.165) is 25.1 Å². The Morgan fingerprint density at radius 1 is 1.19 bits per heavy atom. The quantitative estimate of drug-likeness (QED) is 0.862. The van der Waals surface area contributed by atoms with Crippen molar-refractivity contribution >= 4 is 11.6 Å². The molecule has 0 aromatic heterocycles. The second kappa shape index (κ2) is 8.23. The number of carbonyl (C=O) groups is 1. The molecule has 5 heteroatoms. The first-order valence-corrected chi connectivity index (χ1v) is 8.92. The van der Waals surface area contributed by atoms with Gasteiger partial charge in [0.1, 0.15) is 11.5 Å². The molecule has 2 aromatic carbocycles. The van der Waals surface area contributed by atoms with E-state index >= 15 is 0 Å². The number of amides is 1. The smallest absolute Gasteiger partial charge is 0.227 e. The predicted molar refractivity (Wildman–Crippen MR) is 101 cm³/mol. The average Bonchev–Trinajstić information content (AvgIpc) is 2.70. The molecule has 1 heterocycles. The number of anilines is 1. The van der Waals surface area contributed by atoms with Crippen LogP contribution in [-0.4, -0.2) is 31.8 Å². The van der Waals surface area contributed by atoms with Crippen molar-refractivity contribution in [2.75, 3.05) is 25.7 Å². The van der Waals surface area contributed by atoms with Crippen molar-refractivity contribution < 1.29 is 19.4 Å². The molecule has 0 saturated heterocycles. The molecule has 2 aromatic rings. The van der Waals surface area contributed by atoms with Gasteiger partial charge in [-0.15, -0.1) is 0 Å². The molecule has 3 rings (SSSR count). The standard InChI is InChI=1S/C21H25NO4/c1-25-16-9-10-17(20(14-16)26-2)19(23)11-12-21(24)22-13-5-7-15-6-3-4-8-18(15)22/h3-4,6,8-10,14,19,23H,5,7,11-13H2,1-2H3. The molecule has 1 N–H and O–H groups in total. The molecule has 0 aliphatic carbocycles. The molecule has 0 spiro atoms. The van der Waals surface area contributed by atoms with Gasteiger partial charge in [-0.3, -0.25) is 4.79 Å². The first-order chi connectivity index (χ1) is 12.6. The van der Waals surface area contributed by atoms with Crippen LogP contribution < -0.4 is 14.4 Å². The Morgan fingerprint density at radius 3 is 2.77 bits per heavy atom. The highest BCUT2D eigenvalue weighted by atomic mass is 16.5. The summed E-state index contributed by atoms with van der Waals surface area (Å²) in [5.41, 5.74) is 2.88. The van der Waals surface area contributed by atoms with Gasteiger partial charge in [0.05, 0.1) is 20.3 Å². The van der Waals surface area contributed by atoms with E-state index < -0.39 is 6.10 Å². The van der Waals surface area contributed by atoms with Crippen molar-refractivity contribution in [1.82, 2.24) is 0 Å². The zero-order valence-electron chi connectivity index (χ0n) is 15.3. The van der Waals surface area contributed by atoms with Crippen molar-refractivity contribution in [3.63, 3.8) is 0 Å². The number of methoxy groups -OCH3 is 2. The largest absolute Gasteiger partial charge is 0.497 e. The van der Waals surface area contributed by atoms with Gasteiger partial charge in [-0.05, 0) is 43.0 Å². The molecule has 1 atom stereocenters. The van der Waals surface area contributed by atoms with Crippen LogP contribution in [0.5, 0.6) is 11.5 Å². The van der Waals surface area contributed by atoms with Crippen molar-refractivity contribution in [3.8, 4) is 11.5 Å². The van der Waals surface area contributed by atoms with Crippen molar-refractivity contribution in [3.05, 3.63) is 53.6 Å². The Bertz CT molecular complexity index is 774. The van der Waals surface area contributed by atoms with Crippen molar-refractivity contribution in [2.45, 2.75) is 31.8 Å². The number of ether oxygens (including phenoxy) is 2. The van der Waals surface area contributed by atoms with Gasteiger partial charge in [0, 0.05) is 30.3 Å². The third kappa shape index (κ3) is 3.83. The lowest BCUT2D eigenvalue weighted by Crippen LogP contribution is -2.35. The number of fused-ring (bicyclic) bond motifs is 1. The summed E-state index contributed by atoms with van der Waals surface area (Å²) in [6, 6.07) is 13.3. The van der Waals surface area contributed by atoms with Crippen LogP contribution in [0, 0.1) is 0 Å². The second-order valence-electron chi connectivity index (χ2n) is 6.44. The molecule has 0 bridgehead atoms. The Labute approximate surface area is 154 Å². The Balaban J connectivity index is 1.67. The number of nitrogens with zero attached hydrogens (tertiary/aromatic N) is 1. The molecule has 1 aliphatic rings. The zero-order chi connectivity index (χ0) is 18.5. The van der Waals surface area contributed by atoms with E-state index in [2.05, 4.69) is 6.07 Å². The Morgan fingerprint density at radius 2 is 2.00 bits per heavy atom. The van der Waals surface area contributed by atoms with Gasteiger partial charge in [0.15, 0.2) is 0 Å². The van der Waals surface area contributed by atoms with Crippen LogP contribution in [-0.2, 0) is 11.2 Å². The molecule has 0 radical (unpaired) electrons. The van der Waals surface area contributed by atoms with Gasteiger partial charge in [-0.2, -0.15) is 0 Å². The average molecular weight is 355 g/mol. The van der Waals surface area contributed by atoms with Crippen LogP contribution in [0.25, 0.3) is 0 Å². The fraction of sp³-hybridized carbons (Fsp3) is 0.381. The topological polar surface area (TPSA) is 59.0 Å². The lowest BCUT2D eigenvalue weighted by Gasteiger charge is -2.29. The number of aliphatic hydroxyl groups is 1. The van der Waals surface area contributed by atoms with E-state index in [4.69, 9.17) is 9.47 Å². The van der Waals surface area contributed by atoms with Crippen LogP contribution in [0.2, 0.25) is 0 Å². The van der Waals surface area contributed by atoms with Gasteiger partial charge >= 0.3 is 0 Å². The molecular formula is C21H25NO4. The monoisotopic (exact) mass is 355 g/mol. The fourth-order valence-corrected chi connectivity index (χ4v) is 3.44. The summed E-state index contributed by atoms with van der Waals surface area (Å²) >= 11 is 0. The SMILES string of the molecule is COc1ccc(C(O)CCC(=O)N2CCCc3ccccc32)c(OC)c1. The normalized spacial score (nSPS) is 14.5. The predicted octanol–water partition coefficient (Wildman–Crippen LogP) is 3.50. The lowest BCUT2D eigenvalue weighted by molar-refractivity contribution is -0.119. The van der Waals surface area contributed by atoms with Crippen LogP contribution in [0.3, 0.4) is 0 Å². The van der Waals surface area contributed by atoms with Gasteiger partial charge in [-0.1, -0.05) is 18.2 Å². The Hall–Kier alpha value is -2.53. The number of hydrogen-bond donors (Lipinski definition) is 1. The number of carbonyl (C=O) groups excluding carboxylic acids is 1. The minimum Gasteiger partial charge on any atom is -0.497 e. The first-order valence-electron chi connectivity index (χ1n) is 8.92. The van der Waals surface area contributed by atoms with E-state index in [0.29, 0.717) is 23.5 Å². The first kappa shape index (κ1) is 18.3. The summed E-state index contributed by atoms with van der Waals surface area (Å²) in [6.07, 6.45) is 1.84. The Kier molecular flexibility index (Phi) is 5.78. The van der Waals surface area contributed by atoms with E-state index in [1.807, 2.05) is 23.1 Å². The molecule has 0 fully saturated rings. The zero-order valence-corrected chi connectivity index (χ0v) is 15.3. The maximum absolute atomic E-state index is 12.7. The maximum Gasteiger partial charge on any atom is 0.227 e. The fourth-order valence-electron chi connectivity index (χ4n) is 3.44. The number of rotatable bonds is 6. The van der Waals surface area contributed by atoms with E-state index in [1.54, 1.807) is 32.4 Å². The second-order valence-corrected chi connectivity index (χ2v) is 6.44. The summed E-state index contributed by atoms with van der Waals surface area (Å²) in [7, 11) is 3.14. The molecule has 1 aliphatic heterocycles. The summed E-state index contributed by atoms with van der Waals surface area (Å²) in [5, 5.41) is 10.5. The van der Waals surface area contributed by atoms with Crippen LogP contribution >= 0.6 is 0 Å². The highest BCUT2D eigenvalue weighted by Gasteiger charge is 2.23. The molecule has 26 heavy (non-hydrogen) atoms. The third-order valence-electron chi connectivity index (χ3n) is 4.84. The van der Waals surface area contributed by atoms with E-state index in [-0.39, 0.29) is 12.3 Å². The molecule has 138 valence electrons. The summed E-state index contributed by atoms with van der Waals surface area (Å²) in [6.45, 7) is 0.734. The van der Waals surface area contributed by atoms with E-state index in [1.165, 1.54) is 5.56 Å². The van der Waals surface area contributed by atoms with Gasteiger partial charge in [0.25, 0.3) is 0 Å². The molecular weight excluding hydrogens is 330 g/mol. The summed E-state index contributed by atoms with van der Waals surface area (Å²) < 4.78 is 10.5. The van der Waals surface area contributed by atoms with Gasteiger partial charge < -0.3 is 19.5 Å². The van der Waals surface area contributed by atoms with Crippen LogP contribution in [0.15, 0.2) is 42.5 Å². The molecule has 1 amide bonds. The number of hydrogen-bond acceptors (Lipinski definition) is 4. The molecule has 5 nitrogen and oxygen atoms in total. The van der Waals surface area contributed by atoms with Crippen LogP contribution in [0.4, 0.5) is 5.69 Å². The lowest BCUT2D eigenvalue weighted by atomic mass is 10.00. The van der Waals surface area contributed by atoms with Crippen molar-refractivity contribution in [1.29, 1.82) is 0 Å². The number of aryl methyl sites for hydroxylation is 1. The number of aliphatic hydroxyl groups excluding tert-OH is 1. The minimum absolute atomic E-state index is 0.0451. The minimum atomic E-state index is -0.764. The van der Waals surface area contributed by atoms with E-state index in [9.17, 15) is 9.90 Å². The highest BCUT2D eigenvalue weighted by molar-refractivity contribution is 5.94. The van der Waals surface area contributed by atoms with Crippen molar-refractivity contribution in [2.24, 2.45) is 0 Å². The number of benzene rings is 2.